The molecule has 1 fully saturated rings. The van der Waals surface area contributed by atoms with Crippen molar-refractivity contribution in [3.8, 4) is 0 Å². The van der Waals surface area contributed by atoms with Gasteiger partial charge in [0, 0.05) is 6.92 Å². The Morgan fingerprint density at radius 2 is 1.11 bits per heavy atom. The molecule has 0 spiro atoms. The van der Waals surface area contributed by atoms with Gasteiger partial charge in [-0.15, -0.1) is 13.2 Å². The molecular weight excluding hydrogens is 380 g/mol. The van der Waals surface area contributed by atoms with Crippen LogP contribution in [0, 0.1) is 23.7 Å². The normalized spacial score (nSPS) is 24.9. The fourth-order valence-electron chi connectivity index (χ4n) is 3.01. The average molecular weight is 415 g/mol. The highest BCUT2D eigenvalue weighted by Crippen LogP contribution is 2.45. The summed E-state index contributed by atoms with van der Waals surface area (Å²) < 4.78 is 11.4. The smallest absolute Gasteiger partial charge is 0.300 e. The van der Waals surface area contributed by atoms with Gasteiger partial charge in [0.25, 0.3) is 17.9 Å². The lowest BCUT2D eigenvalue weighted by Gasteiger charge is -2.28. The van der Waals surface area contributed by atoms with Gasteiger partial charge in [0.1, 0.15) is 0 Å². The quantitative estimate of drug-likeness (QED) is 0.520. The number of aliphatic carboxylic acids is 1. The maximum Gasteiger partial charge on any atom is 0.300 e. The van der Waals surface area contributed by atoms with Crippen molar-refractivity contribution < 1.29 is 28.3 Å². The number of rotatable bonds is 6. The third-order valence-electron chi connectivity index (χ3n) is 3.82. The molecule has 1 aliphatic rings. The van der Waals surface area contributed by atoms with Gasteiger partial charge in [-0.05, 0) is 57.5 Å². The van der Waals surface area contributed by atoms with E-state index in [9.17, 15) is 9.59 Å². The molecule has 0 bridgehead atoms. The van der Waals surface area contributed by atoms with E-state index in [0.29, 0.717) is 6.42 Å². The maximum absolute atomic E-state index is 12.7. The zero-order chi connectivity index (χ0) is 21.6. The third-order valence-corrected chi connectivity index (χ3v) is 5.44. The first kappa shape index (κ1) is 25.3. The largest absolute Gasteiger partial charge is 0.520 e. The van der Waals surface area contributed by atoms with Crippen molar-refractivity contribution in [3.05, 3.63) is 25.3 Å². The van der Waals surface area contributed by atoms with Gasteiger partial charge in [0.05, 0.1) is 11.8 Å². The summed E-state index contributed by atoms with van der Waals surface area (Å²) >= 11 is 0. The minimum absolute atomic E-state index is 0.0824. The molecule has 1 aliphatic carbocycles. The van der Waals surface area contributed by atoms with Crippen LogP contribution < -0.4 is 0 Å². The van der Waals surface area contributed by atoms with Crippen LogP contribution in [0.1, 0.15) is 13.3 Å². The summed E-state index contributed by atoms with van der Waals surface area (Å²) in [5, 5.41) is 7.42. The van der Waals surface area contributed by atoms with E-state index in [1.165, 1.54) is 0 Å². The van der Waals surface area contributed by atoms with E-state index in [0.717, 1.165) is 6.92 Å². The highest BCUT2D eigenvalue weighted by atomic mass is 28.4. The van der Waals surface area contributed by atoms with Crippen LogP contribution in [0.15, 0.2) is 25.3 Å². The fraction of sp³-hybridized carbons (Fsp3) is 0.632. The zero-order valence-corrected chi connectivity index (χ0v) is 19.6. The Labute approximate surface area is 164 Å². The van der Waals surface area contributed by atoms with Gasteiger partial charge in [0.15, 0.2) is 0 Å². The number of hydrogen-bond acceptors (Lipinski definition) is 5. The highest BCUT2D eigenvalue weighted by molar-refractivity contribution is 6.71. The molecule has 0 saturated heterocycles. The van der Waals surface area contributed by atoms with Crippen molar-refractivity contribution in [3.63, 3.8) is 0 Å². The van der Waals surface area contributed by atoms with Gasteiger partial charge in [-0.3, -0.25) is 14.4 Å². The predicted molar refractivity (Wildman–Crippen MR) is 111 cm³/mol. The molecule has 1 saturated carbocycles. The zero-order valence-electron chi connectivity index (χ0n) is 17.6. The molecule has 8 heteroatoms. The van der Waals surface area contributed by atoms with Crippen molar-refractivity contribution in [2.45, 2.75) is 52.6 Å². The molecule has 1 rings (SSSR count). The number of carboxylic acid groups (broad SMARTS) is 1. The van der Waals surface area contributed by atoms with Crippen molar-refractivity contribution in [2.75, 3.05) is 0 Å². The third kappa shape index (κ3) is 9.19. The molecule has 0 aromatic heterocycles. The second-order valence-electron chi connectivity index (χ2n) is 8.67. The molecule has 0 aromatic rings. The Morgan fingerprint density at radius 3 is 1.30 bits per heavy atom. The summed E-state index contributed by atoms with van der Waals surface area (Å²) in [4.78, 5) is 34.4. The summed E-state index contributed by atoms with van der Waals surface area (Å²) in [6, 6.07) is 0. The minimum atomic E-state index is -2.03. The Hall–Kier alpha value is -1.68. The van der Waals surface area contributed by atoms with E-state index in [1.54, 1.807) is 12.2 Å². The molecule has 0 amide bonds. The van der Waals surface area contributed by atoms with Crippen LogP contribution in [-0.2, 0) is 23.2 Å². The second kappa shape index (κ2) is 10.0. The van der Waals surface area contributed by atoms with E-state index in [-0.39, 0.29) is 23.8 Å². The fourth-order valence-corrected chi connectivity index (χ4v) is 4.49. The van der Waals surface area contributed by atoms with E-state index < -0.39 is 34.4 Å². The monoisotopic (exact) mass is 414 g/mol. The predicted octanol–water partition coefficient (Wildman–Crippen LogP) is 4.07. The van der Waals surface area contributed by atoms with Crippen LogP contribution in [0.5, 0.6) is 0 Å². The molecule has 0 radical (unpaired) electrons. The van der Waals surface area contributed by atoms with Crippen LogP contribution >= 0.6 is 0 Å². The number of carbonyl (C=O) groups excluding carboxylic acids is 2. The van der Waals surface area contributed by atoms with Crippen LogP contribution in [0.3, 0.4) is 0 Å². The van der Waals surface area contributed by atoms with Gasteiger partial charge >= 0.3 is 0 Å². The first-order chi connectivity index (χ1) is 12.1. The second-order valence-corrected chi connectivity index (χ2v) is 17.5. The molecule has 0 heterocycles. The van der Waals surface area contributed by atoms with E-state index in [2.05, 4.69) is 13.2 Å². The van der Waals surface area contributed by atoms with E-state index in [4.69, 9.17) is 18.8 Å². The maximum atomic E-state index is 12.7. The SMILES string of the molecule is C=CC1CC(C=C)C(C(=O)O[Si](C)(C)C)C1C(=O)O[Si](C)(C)C.CC(=O)O. The Bertz CT molecular complexity index is 526. The number of carboxylic acids is 1. The molecule has 6 nitrogen and oxygen atoms in total. The van der Waals surface area contributed by atoms with Gasteiger partial charge in [-0.25, -0.2) is 0 Å². The van der Waals surface area contributed by atoms with E-state index in [1.807, 2.05) is 39.3 Å². The molecule has 0 aromatic carbocycles. The number of carbonyl (C=O) groups is 3. The van der Waals surface area contributed by atoms with Gasteiger partial charge in [-0.1, -0.05) is 12.2 Å². The van der Waals surface area contributed by atoms with Crippen LogP contribution in [0.2, 0.25) is 39.3 Å². The molecule has 27 heavy (non-hydrogen) atoms. The molecule has 4 atom stereocenters. The summed E-state index contributed by atoms with van der Waals surface area (Å²) in [5.41, 5.74) is 0. The van der Waals surface area contributed by atoms with Crippen LogP contribution in [0.25, 0.3) is 0 Å². The summed E-state index contributed by atoms with van der Waals surface area (Å²) in [5.74, 6) is -2.63. The first-order valence-corrected chi connectivity index (χ1v) is 15.8. The summed E-state index contributed by atoms with van der Waals surface area (Å²) in [6.07, 6.45) is 4.20. The van der Waals surface area contributed by atoms with Crippen molar-refractivity contribution >= 4 is 34.5 Å². The Balaban J connectivity index is 0.00000153. The van der Waals surface area contributed by atoms with Gasteiger partial charge in [0.2, 0.25) is 16.6 Å². The van der Waals surface area contributed by atoms with Crippen molar-refractivity contribution in [2.24, 2.45) is 23.7 Å². The average Bonchev–Trinajstić information content (AvgIpc) is 2.81. The topological polar surface area (TPSA) is 89.9 Å². The first-order valence-electron chi connectivity index (χ1n) is 9.03. The standard InChI is InChI=1S/C17H30O4Si2.C2H4O2/c1-9-12-11-13(10-2)15(17(19)21-23(6,7)8)14(12)16(18)20-22(3,4)5;1-2(3)4/h9-10,12-15H,1-2,11H2,3-8H3;1H3,(H,3,4). The number of allylic oxidation sites excluding steroid dienone is 2. The Kier molecular flexibility index (Phi) is 9.41. The molecule has 1 N–H and O–H groups in total. The van der Waals surface area contributed by atoms with Crippen molar-refractivity contribution in [1.29, 1.82) is 0 Å². The van der Waals surface area contributed by atoms with Crippen LogP contribution in [0.4, 0.5) is 0 Å². The highest BCUT2D eigenvalue weighted by Gasteiger charge is 2.51. The number of hydrogen-bond donors (Lipinski definition) is 1. The minimum Gasteiger partial charge on any atom is -0.520 e. The van der Waals surface area contributed by atoms with Gasteiger partial charge in [-0.2, -0.15) is 0 Å². The Morgan fingerprint density at radius 1 is 0.852 bits per heavy atom. The van der Waals surface area contributed by atoms with Crippen molar-refractivity contribution in [1.82, 2.24) is 0 Å². The van der Waals surface area contributed by atoms with E-state index >= 15 is 0 Å². The lowest BCUT2D eigenvalue weighted by molar-refractivity contribution is -0.151. The lowest BCUT2D eigenvalue weighted by Crippen LogP contribution is -2.41. The molecule has 154 valence electrons. The molecular formula is C19H34O6Si2. The summed E-state index contributed by atoms with van der Waals surface area (Å²) in [6.45, 7) is 20.5. The lowest BCUT2D eigenvalue weighted by atomic mass is 9.87. The molecule has 4 unspecified atom stereocenters. The molecule has 0 aliphatic heterocycles. The summed E-state index contributed by atoms with van der Waals surface area (Å²) in [7, 11) is -4.05. The van der Waals surface area contributed by atoms with Crippen LogP contribution in [-0.4, -0.2) is 39.6 Å². The van der Waals surface area contributed by atoms with Gasteiger partial charge < -0.3 is 14.0 Å².